The Kier molecular flexibility index (Phi) is 8.06. The van der Waals surface area contributed by atoms with Gasteiger partial charge in [0, 0.05) is 52.5 Å². The monoisotopic (exact) mass is 286 g/mol. The van der Waals surface area contributed by atoms with Crippen molar-refractivity contribution in [2.45, 2.75) is 25.4 Å². The molecule has 2 N–H and O–H groups in total. The lowest BCUT2D eigenvalue weighted by Crippen LogP contribution is -2.55. The normalized spacial score (nSPS) is 22.7. The van der Waals surface area contributed by atoms with Crippen LogP contribution in [0, 0.1) is 0 Å². The van der Waals surface area contributed by atoms with Crippen molar-refractivity contribution >= 4 is 5.91 Å². The van der Waals surface area contributed by atoms with E-state index in [1.54, 1.807) is 7.11 Å². The first kappa shape index (κ1) is 17.4. The third kappa shape index (κ3) is 6.17. The van der Waals surface area contributed by atoms with Gasteiger partial charge in [-0.3, -0.25) is 9.69 Å². The van der Waals surface area contributed by atoms with Crippen LogP contribution in [0.15, 0.2) is 0 Å². The fourth-order valence-electron chi connectivity index (χ4n) is 2.31. The fraction of sp³-hybridized carbons (Fsp3) is 0.929. The number of nitrogens with one attached hydrogen (secondary N) is 2. The molecule has 1 amide bonds. The van der Waals surface area contributed by atoms with Gasteiger partial charge in [-0.25, -0.2) is 0 Å². The summed E-state index contributed by atoms with van der Waals surface area (Å²) in [6.45, 7) is 7.35. The van der Waals surface area contributed by atoms with Crippen LogP contribution in [0.2, 0.25) is 0 Å². The van der Waals surface area contributed by atoms with Gasteiger partial charge in [0.2, 0.25) is 5.91 Å². The Balaban J connectivity index is 2.20. The maximum atomic E-state index is 11.9. The molecule has 1 aliphatic heterocycles. The molecule has 0 aliphatic carbocycles. The van der Waals surface area contributed by atoms with Crippen LogP contribution >= 0.6 is 0 Å². The van der Waals surface area contributed by atoms with Crippen LogP contribution in [-0.2, 0) is 9.53 Å². The number of methoxy groups -OCH3 is 1. The van der Waals surface area contributed by atoms with Crippen molar-refractivity contribution in [3.8, 4) is 0 Å². The second kappa shape index (κ2) is 9.28. The molecule has 2 atom stereocenters. The number of amides is 1. The van der Waals surface area contributed by atoms with E-state index in [9.17, 15) is 4.79 Å². The Labute approximate surface area is 122 Å². The smallest absolute Gasteiger partial charge is 0.236 e. The molecule has 0 aromatic carbocycles. The van der Waals surface area contributed by atoms with Crippen molar-refractivity contribution in [2.75, 3.05) is 60.5 Å². The van der Waals surface area contributed by atoms with Crippen molar-refractivity contribution in [3.63, 3.8) is 0 Å². The van der Waals surface area contributed by atoms with E-state index in [1.807, 2.05) is 6.92 Å². The number of ether oxygens (including phenoxy) is 1. The molecule has 0 bridgehead atoms. The zero-order valence-corrected chi connectivity index (χ0v) is 13.3. The number of hydrogen-bond acceptors (Lipinski definition) is 5. The second-order valence-electron chi connectivity index (χ2n) is 5.66. The standard InChI is InChI=1S/C14H30N4O2/c1-12(14(19)15-6-5-9-20-4)16-10-13-11-17(2)7-8-18(13)3/h12-13,16H,5-11H2,1-4H3,(H,15,19). The van der Waals surface area contributed by atoms with E-state index in [0.717, 1.165) is 32.6 Å². The first-order valence-electron chi connectivity index (χ1n) is 7.43. The maximum absolute atomic E-state index is 11.9. The molecule has 0 radical (unpaired) electrons. The van der Waals surface area contributed by atoms with Crippen LogP contribution in [0.25, 0.3) is 0 Å². The van der Waals surface area contributed by atoms with E-state index in [2.05, 4.69) is 34.5 Å². The molecule has 1 saturated heterocycles. The van der Waals surface area contributed by atoms with Crippen LogP contribution in [0.5, 0.6) is 0 Å². The number of likely N-dealkylation sites (N-methyl/N-ethyl adjacent to an activating group) is 2. The molecule has 1 fully saturated rings. The average molecular weight is 286 g/mol. The van der Waals surface area contributed by atoms with Crippen LogP contribution in [0.3, 0.4) is 0 Å². The van der Waals surface area contributed by atoms with E-state index in [0.29, 0.717) is 19.2 Å². The summed E-state index contributed by atoms with van der Waals surface area (Å²) in [5, 5.41) is 6.25. The highest BCUT2D eigenvalue weighted by molar-refractivity contribution is 5.81. The topological polar surface area (TPSA) is 56.8 Å². The van der Waals surface area contributed by atoms with Gasteiger partial charge in [0.1, 0.15) is 0 Å². The molecular weight excluding hydrogens is 256 g/mol. The highest BCUT2D eigenvalue weighted by Crippen LogP contribution is 2.04. The summed E-state index contributed by atoms with van der Waals surface area (Å²) in [5.74, 6) is 0.0629. The van der Waals surface area contributed by atoms with Crippen molar-refractivity contribution in [2.24, 2.45) is 0 Å². The van der Waals surface area contributed by atoms with E-state index < -0.39 is 0 Å². The third-order valence-corrected chi connectivity index (χ3v) is 3.86. The number of carbonyl (C=O) groups is 1. The van der Waals surface area contributed by atoms with Crippen LogP contribution < -0.4 is 10.6 Å². The van der Waals surface area contributed by atoms with Gasteiger partial charge in [-0.1, -0.05) is 0 Å². The highest BCUT2D eigenvalue weighted by atomic mass is 16.5. The first-order chi connectivity index (χ1) is 9.54. The summed E-state index contributed by atoms with van der Waals surface area (Å²) >= 11 is 0. The summed E-state index contributed by atoms with van der Waals surface area (Å²) in [6.07, 6.45) is 0.852. The lowest BCUT2D eigenvalue weighted by Gasteiger charge is -2.38. The molecular formula is C14H30N4O2. The molecule has 0 aromatic heterocycles. The van der Waals surface area contributed by atoms with Crippen LogP contribution in [0.1, 0.15) is 13.3 Å². The van der Waals surface area contributed by atoms with Gasteiger partial charge in [0.15, 0.2) is 0 Å². The van der Waals surface area contributed by atoms with E-state index in [4.69, 9.17) is 4.74 Å². The summed E-state index contributed by atoms with van der Waals surface area (Å²) < 4.78 is 4.96. The van der Waals surface area contributed by atoms with E-state index in [1.165, 1.54) is 0 Å². The Morgan fingerprint density at radius 1 is 1.40 bits per heavy atom. The molecule has 118 valence electrons. The molecule has 0 saturated carbocycles. The SMILES string of the molecule is COCCCNC(=O)C(C)NCC1CN(C)CCN1C. The Morgan fingerprint density at radius 3 is 2.85 bits per heavy atom. The van der Waals surface area contributed by atoms with Crippen molar-refractivity contribution < 1.29 is 9.53 Å². The summed E-state index contributed by atoms with van der Waals surface area (Å²) in [7, 11) is 5.96. The predicted molar refractivity (Wildman–Crippen MR) is 80.9 cm³/mol. The van der Waals surface area contributed by atoms with Gasteiger partial charge in [-0.15, -0.1) is 0 Å². The van der Waals surface area contributed by atoms with E-state index >= 15 is 0 Å². The van der Waals surface area contributed by atoms with E-state index in [-0.39, 0.29) is 11.9 Å². The fourth-order valence-corrected chi connectivity index (χ4v) is 2.31. The molecule has 20 heavy (non-hydrogen) atoms. The second-order valence-corrected chi connectivity index (χ2v) is 5.66. The number of nitrogens with zero attached hydrogens (tertiary/aromatic N) is 2. The van der Waals surface area contributed by atoms with Gasteiger partial charge in [0.25, 0.3) is 0 Å². The minimum absolute atomic E-state index is 0.0629. The minimum atomic E-state index is -0.154. The summed E-state index contributed by atoms with van der Waals surface area (Å²) in [5.41, 5.74) is 0. The molecule has 6 heteroatoms. The average Bonchev–Trinajstić information content (AvgIpc) is 2.44. The van der Waals surface area contributed by atoms with Gasteiger partial charge in [0.05, 0.1) is 6.04 Å². The molecule has 1 rings (SSSR count). The Bertz CT molecular complexity index is 288. The molecule has 1 aliphatic rings. The summed E-state index contributed by atoms with van der Waals surface area (Å²) in [4.78, 5) is 16.6. The molecule has 1 heterocycles. The largest absolute Gasteiger partial charge is 0.385 e. The lowest BCUT2D eigenvalue weighted by atomic mass is 10.1. The Hall–Kier alpha value is -0.690. The summed E-state index contributed by atoms with van der Waals surface area (Å²) in [6, 6.07) is 0.315. The van der Waals surface area contributed by atoms with Crippen molar-refractivity contribution in [1.82, 2.24) is 20.4 Å². The third-order valence-electron chi connectivity index (χ3n) is 3.86. The number of carbonyl (C=O) groups excluding carboxylic acids is 1. The van der Waals surface area contributed by atoms with Crippen molar-refractivity contribution in [1.29, 1.82) is 0 Å². The van der Waals surface area contributed by atoms with Gasteiger partial charge in [-0.05, 0) is 27.4 Å². The van der Waals surface area contributed by atoms with Gasteiger partial charge < -0.3 is 20.3 Å². The molecule has 0 aromatic rings. The number of rotatable bonds is 8. The predicted octanol–water partition coefficient (Wildman–Crippen LogP) is -0.637. The quantitative estimate of drug-likeness (QED) is 0.582. The zero-order chi connectivity index (χ0) is 15.0. The zero-order valence-electron chi connectivity index (χ0n) is 13.3. The first-order valence-corrected chi connectivity index (χ1v) is 7.43. The minimum Gasteiger partial charge on any atom is -0.385 e. The number of hydrogen-bond donors (Lipinski definition) is 2. The van der Waals surface area contributed by atoms with Gasteiger partial charge >= 0.3 is 0 Å². The Morgan fingerprint density at radius 2 is 2.15 bits per heavy atom. The van der Waals surface area contributed by atoms with Gasteiger partial charge in [-0.2, -0.15) is 0 Å². The maximum Gasteiger partial charge on any atom is 0.236 e. The molecule has 2 unspecified atom stereocenters. The van der Waals surface area contributed by atoms with Crippen molar-refractivity contribution in [3.05, 3.63) is 0 Å². The highest BCUT2D eigenvalue weighted by Gasteiger charge is 2.23. The molecule has 6 nitrogen and oxygen atoms in total. The van der Waals surface area contributed by atoms with Crippen LogP contribution in [-0.4, -0.2) is 88.3 Å². The number of piperazine rings is 1. The van der Waals surface area contributed by atoms with Crippen LogP contribution in [0.4, 0.5) is 0 Å². The molecule has 0 spiro atoms. The lowest BCUT2D eigenvalue weighted by molar-refractivity contribution is -0.122.